The Kier molecular flexibility index (Phi) is 5.58. The summed E-state index contributed by atoms with van der Waals surface area (Å²) in [6.45, 7) is 4.14. The van der Waals surface area contributed by atoms with Crippen LogP contribution in [0.1, 0.15) is 43.7 Å². The molecule has 26 heavy (non-hydrogen) atoms. The number of amides is 1. The summed E-state index contributed by atoms with van der Waals surface area (Å²) < 4.78 is 0. The van der Waals surface area contributed by atoms with Crippen LogP contribution in [-0.2, 0) is 4.79 Å². The van der Waals surface area contributed by atoms with Gasteiger partial charge in [0.15, 0.2) is 0 Å². The number of benzene rings is 1. The van der Waals surface area contributed by atoms with Crippen LogP contribution in [0.5, 0.6) is 0 Å². The van der Waals surface area contributed by atoms with Gasteiger partial charge < -0.3 is 5.32 Å². The lowest BCUT2D eigenvalue weighted by atomic mass is 9.86. The summed E-state index contributed by atoms with van der Waals surface area (Å²) in [6, 6.07) is 9.90. The molecule has 1 amide bonds. The number of carbonyl (C=O) groups excluding carboxylic acids is 1. The van der Waals surface area contributed by atoms with Crippen LogP contribution in [0.2, 0.25) is 5.15 Å². The van der Waals surface area contributed by atoms with E-state index in [1.807, 2.05) is 37.3 Å². The second-order valence-electron chi connectivity index (χ2n) is 7.08. The molecule has 1 aromatic carbocycles. The average molecular weight is 368 g/mol. The van der Waals surface area contributed by atoms with Crippen LogP contribution in [0, 0.1) is 24.2 Å². The van der Waals surface area contributed by atoms with Crippen LogP contribution in [0.4, 0.5) is 0 Å². The highest BCUT2D eigenvalue weighted by Gasteiger charge is 2.24. The van der Waals surface area contributed by atoms with Crippen molar-refractivity contribution in [2.75, 3.05) is 0 Å². The molecule has 0 saturated heterocycles. The molecule has 4 nitrogen and oxygen atoms in total. The minimum atomic E-state index is -0.341. The fraction of sp³-hybridized carbons (Fsp3) is 0.381. The number of nitriles is 1. The molecule has 0 unspecified atom stereocenters. The second kappa shape index (κ2) is 7.88. The SMILES string of the molecule is Cc1ccc2cc(/C=C(\C#N)C(=O)N[C@@H]3CCCC[C@@H]3C)c(Cl)nc2c1. The van der Waals surface area contributed by atoms with Gasteiger partial charge in [-0.2, -0.15) is 5.26 Å². The number of rotatable bonds is 3. The van der Waals surface area contributed by atoms with Gasteiger partial charge in [0, 0.05) is 17.0 Å². The van der Waals surface area contributed by atoms with Gasteiger partial charge in [0.2, 0.25) is 0 Å². The van der Waals surface area contributed by atoms with Crippen molar-refractivity contribution in [2.24, 2.45) is 5.92 Å². The lowest BCUT2D eigenvalue weighted by Gasteiger charge is -2.29. The van der Waals surface area contributed by atoms with Crippen LogP contribution in [0.3, 0.4) is 0 Å². The first kappa shape index (κ1) is 18.4. The second-order valence-corrected chi connectivity index (χ2v) is 7.43. The quantitative estimate of drug-likeness (QED) is 0.481. The standard InChI is InChI=1S/C21H22ClN3O/c1-13-7-8-15-10-16(20(22)24-19(15)9-13)11-17(12-23)21(26)25-18-6-4-3-5-14(18)2/h7-11,14,18H,3-6H2,1-2H3,(H,25,26)/b17-11+/t14-,18+/m0/s1. The highest BCUT2D eigenvalue weighted by Crippen LogP contribution is 2.25. The predicted octanol–water partition coefficient (Wildman–Crippen LogP) is 4.80. The molecule has 1 saturated carbocycles. The summed E-state index contributed by atoms with van der Waals surface area (Å²) in [5, 5.41) is 13.7. The molecule has 2 aromatic rings. The summed E-state index contributed by atoms with van der Waals surface area (Å²) in [6.07, 6.45) is 5.91. The van der Waals surface area contributed by atoms with E-state index in [1.54, 1.807) is 0 Å². The van der Waals surface area contributed by atoms with E-state index in [0.717, 1.165) is 35.7 Å². The number of carbonyl (C=O) groups is 1. The summed E-state index contributed by atoms with van der Waals surface area (Å²) in [4.78, 5) is 16.9. The number of nitrogens with one attached hydrogen (secondary N) is 1. The molecule has 0 spiro atoms. The summed E-state index contributed by atoms with van der Waals surface area (Å²) in [5.74, 6) is 0.0909. The van der Waals surface area contributed by atoms with Gasteiger partial charge in [-0.1, -0.05) is 43.5 Å². The number of aryl methyl sites for hydroxylation is 1. The molecule has 0 bridgehead atoms. The van der Waals surface area contributed by atoms with Gasteiger partial charge in [-0.3, -0.25) is 4.79 Å². The zero-order valence-electron chi connectivity index (χ0n) is 15.1. The van der Waals surface area contributed by atoms with Crippen molar-refractivity contribution in [2.45, 2.75) is 45.6 Å². The first-order valence-corrected chi connectivity index (χ1v) is 9.35. The predicted molar refractivity (Wildman–Crippen MR) is 105 cm³/mol. The Bertz CT molecular complexity index is 913. The average Bonchev–Trinajstić information content (AvgIpc) is 2.61. The van der Waals surface area contributed by atoms with Crippen LogP contribution in [0.15, 0.2) is 29.8 Å². The molecule has 1 fully saturated rings. The fourth-order valence-corrected chi connectivity index (χ4v) is 3.65. The van der Waals surface area contributed by atoms with Crippen molar-refractivity contribution in [1.29, 1.82) is 5.26 Å². The smallest absolute Gasteiger partial charge is 0.262 e. The summed E-state index contributed by atoms with van der Waals surface area (Å²) >= 11 is 6.28. The number of hydrogen-bond acceptors (Lipinski definition) is 3. The van der Waals surface area contributed by atoms with E-state index >= 15 is 0 Å². The third-order valence-electron chi connectivity index (χ3n) is 5.05. The first-order valence-electron chi connectivity index (χ1n) is 8.97. The third kappa shape index (κ3) is 4.05. The lowest BCUT2D eigenvalue weighted by Crippen LogP contribution is -2.41. The van der Waals surface area contributed by atoms with Crippen molar-refractivity contribution in [3.05, 3.63) is 46.1 Å². The van der Waals surface area contributed by atoms with E-state index < -0.39 is 0 Å². The number of hydrogen-bond donors (Lipinski definition) is 1. The molecule has 0 aliphatic heterocycles. The molecule has 134 valence electrons. The molecule has 1 N–H and O–H groups in total. The van der Waals surface area contributed by atoms with Gasteiger partial charge in [0.25, 0.3) is 5.91 Å². The number of nitrogens with zero attached hydrogens (tertiary/aromatic N) is 2. The van der Waals surface area contributed by atoms with Crippen LogP contribution >= 0.6 is 11.6 Å². The third-order valence-corrected chi connectivity index (χ3v) is 5.35. The van der Waals surface area contributed by atoms with E-state index in [0.29, 0.717) is 11.5 Å². The van der Waals surface area contributed by atoms with Gasteiger partial charge in [-0.25, -0.2) is 4.98 Å². The Morgan fingerprint density at radius 1 is 1.35 bits per heavy atom. The fourth-order valence-electron chi connectivity index (χ4n) is 3.45. The topological polar surface area (TPSA) is 65.8 Å². The number of fused-ring (bicyclic) bond motifs is 1. The van der Waals surface area contributed by atoms with Crippen LogP contribution in [-0.4, -0.2) is 16.9 Å². The Labute approximate surface area is 158 Å². The van der Waals surface area contributed by atoms with Crippen molar-refractivity contribution >= 4 is 34.5 Å². The van der Waals surface area contributed by atoms with Gasteiger partial charge in [-0.15, -0.1) is 0 Å². The molecule has 2 atom stereocenters. The highest BCUT2D eigenvalue weighted by atomic mass is 35.5. The highest BCUT2D eigenvalue weighted by molar-refractivity contribution is 6.31. The van der Waals surface area contributed by atoms with Gasteiger partial charge in [-0.05, 0) is 49.5 Å². The van der Waals surface area contributed by atoms with E-state index in [2.05, 4.69) is 17.2 Å². The van der Waals surface area contributed by atoms with Crippen molar-refractivity contribution in [3.63, 3.8) is 0 Å². The Hall–Kier alpha value is -2.38. The zero-order valence-corrected chi connectivity index (χ0v) is 15.8. The van der Waals surface area contributed by atoms with Crippen molar-refractivity contribution < 1.29 is 4.79 Å². The molecule has 5 heteroatoms. The van der Waals surface area contributed by atoms with Gasteiger partial charge in [0.05, 0.1) is 5.52 Å². The molecule has 1 aliphatic rings. The Morgan fingerprint density at radius 2 is 2.12 bits per heavy atom. The van der Waals surface area contributed by atoms with Gasteiger partial charge in [0.1, 0.15) is 16.8 Å². The molecule has 1 aliphatic carbocycles. The van der Waals surface area contributed by atoms with E-state index in [1.165, 1.54) is 12.5 Å². The number of aromatic nitrogens is 1. The summed E-state index contributed by atoms with van der Waals surface area (Å²) in [7, 11) is 0. The Balaban J connectivity index is 1.87. The maximum atomic E-state index is 12.5. The number of halogens is 1. The summed E-state index contributed by atoms with van der Waals surface area (Å²) in [5.41, 5.74) is 2.53. The lowest BCUT2D eigenvalue weighted by molar-refractivity contribution is -0.118. The molecule has 1 aromatic heterocycles. The van der Waals surface area contributed by atoms with Gasteiger partial charge >= 0.3 is 0 Å². The normalized spacial score (nSPS) is 20.6. The minimum Gasteiger partial charge on any atom is -0.348 e. The van der Waals surface area contributed by atoms with E-state index in [4.69, 9.17) is 11.6 Å². The minimum absolute atomic E-state index is 0.0536. The molecular formula is C21H22ClN3O. The first-order chi connectivity index (χ1) is 12.5. The van der Waals surface area contributed by atoms with Crippen molar-refractivity contribution in [3.8, 4) is 6.07 Å². The van der Waals surface area contributed by atoms with Crippen LogP contribution in [0.25, 0.3) is 17.0 Å². The Morgan fingerprint density at radius 3 is 2.85 bits per heavy atom. The molecular weight excluding hydrogens is 346 g/mol. The van der Waals surface area contributed by atoms with E-state index in [-0.39, 0.29) is 22.7 Å². The van der Waals surface area contributed by atoms with E-state index in [9.17, 15) is 10.1 Å². The van der Waals surface area contributed by atoms with Crippen LogP contribution < -0.4 is 5.32 Å². The molecule has 1 heterocycles. The maximum absolute atomic E-state index is 12.5. The maximum Gasteiger partial charge on any atom is 0.262 e. The largest absolute Gasteiger partial charge is 0.348 e. The zero-order chi connectivity index (χ0) is 18.7. The van der Waals surface area contributed by atoms with Crippen molar-refractivity contribution in [1.82, 2.24) is 10.3 Å². The monoisotopic (exact) mass is 367 g/mol. The molecule has 0 radical (unpaired) electrons. The molecule has 3 rings (SSSR count). The number of pyridine rings is 1.